The minimum atomic E-state index is -0.233. The Labute approximate surface area is 131 Å². The van der Waals surface area contributed by atoms with Crippen LogP contribution in [0.2, 0.25) is 0 Å². The summed E-state index contributed by atoms with van der Waals surface area (Å²) in [6.07, 6.45) is 5.39. The molecule has 0 spiro atoms. The number of aliphatic hydroxyl groups excluding tert-OH is 1. The van der Waals surface area contributed by atoms with Crippen molar-refractivity contribution in [2.45, 2.75) is 31.3 Å². The van der Waals surface area contributed by atoms with Crippen molar-refractivity contribution in [2.24, 2.45) is 82.9 Å². The van der Waals surface area contributed by atoms with Crippen LogP contribution in [0.3, 0.4) is 0 Å². The molecule has 8 saturated carbocycles. The average molecular weight is 298 g/mol. The third-order valence-corrected chi connectivity index (χ3v) is 11.4. The van der Waals surface area contributed by atoms with Crippen molar-refractivity contribution < 1.29 is 10.2 Å². The largest absolute Gasteiger partial charge is 0.396 e. The van der Waals surface area contributed by atoms with Gasteiger partial charge in [-0.05, 0) is 109 Å². The molecule has 0 aromatic carbocycles. The van der Waals surface area contributed by atoms with E-state index in [-0.39, 0.29) is 5.60 Å². The molecule has 8 rings (SSSR count). The molecule has 0 radical (unpaired) electrons. The van der Waals surface area contributed by atoms with E-state index in [4.69, 9.17) is 0 Å². The van der Waals surface area contributed by atoms with Crippen LogP contribution in [0.25, 0.3) is 0 Å². The van der Waals surface area contributed by atoms with Crippen LogP contribution >= 0.6 is 0 Å². The van der Waals surface area contributed by atoms with E-state index in [9.17, 15) is 10.2 Å². The Kier molecular flexibility index (Phi) is 1.55. The summed E-state index contributed by atoms with van der Waals surface area (Å²) in [4.78, 5) is 0. The SMILES string of the molecule is OCC1[C@@H]2[C@@H]3CC[C@@H]4[C@@H]3[C@H]3C5[C@H]6[C@@H]([C@@H]1[C@@H]1CC[C@H]([C@H]16)C54O)[C@H]23. The molecule has 0 amide bonds. The quantitative estimate of drug-likeness (QED) is 0.777. The van der Waals surface area contributed by atoms with Gasteiger partial charge in [-0.25, -0.2) is 0 Å². The molecular formula is C20H26O2. The van der Waals surface area contributed by atoms with Crippen LogP contribution < -0.4 is 0 Å². The van der Waals surface area contributed by atoms with E-state index in [1.54, 1.807) is 0 Å². The maximum absolute atomic E-state index is 12.0. The number of rotatable bonds is 1. The molecule has 8 fully saturated rings. The van der Waals surface area contributed by atoms with Gasteiger partial charge in [-0.2, -0.15) is 0 Å². The molecule has 8 aliphatic rings. The second kappa shape index (κ2) is 2.96. The van der Waals surface area contributed by atoms with Gasteiger partial charge in [-0.15, -0.1) is 0 Å². The van der Waals surface area contributed by atoms with E-state index < -0.39 is 0 Å². The number of hydrogen-bond donors (Lipinski definition) is 2. The maximum atomic E-state index is 12.0. The van der Waals surface area contributed by atoms with Crippen molar-refractivity contribution >= 4 is 0 Å². The van der Waals surface area contributed by atoms with Gasteiger partial charge in [0.2, 0.25) is 0 Å². The third kappa shape index (κ3) is 0.744. The van der Waals surface area contributed by atoms with Gasteiger partial charge in [0.1, 0.15) is 0 Å². The lowest BCUT2D eigenvalue weighted by Crippen LogP contribution is -2.44. The fraction of sp³-hybridized carbons (Fsp3) is 1.00. The van der Waals surface area contributed by atoms with Crippen molar-refractivity contribution in [2.75, 3.05) is 6.61 Å². The molecule has 2 N–H and O–H groups in total. The van der Waals surface area contributed by atoms with Gasteiger partial charge in [-0.1, -0.05) is 0 Å². The fourth-order valence-corrected chi connectivity index (χ4v) is 12.1. The second-order valence-electron chi connectivity index (χ2n) is 10.6. The van der Waals surface area contributed by atoms with E-state index in [1.165, 1.54) is 25.7 Å². The van der Waals surface area contributed by atoms with Crippen molar-refractivity contribution in [3.63, 3.8) is 0 Å². The molecule has 0 aromatic rings. The molecule has 2 nitrogen and oxygen atoms in total. The predicted molar refractivity (Wildman–Crippen MR) is 79.4 cm³/mol. The Morgan fingerprint density at radius 1 is 0.682 bits per heavy atom. The van der Waals surface area contributed by atoms with Gasteiger partial charge in [0.15, 0.2) is 0 Å². The van der Waals surface area contributed by atoms with Crippen LogP contribution in [0.5, 0.6) is 0 Å². The Bertz CT molecular complexity index is 569. The first-order chi connectivity index (χ1) is 10.8. The summed E-state index contributed by atoms with van der Waals surface area (Å²) in [6, 6.07) is 0. The number of aliphatic hydroxyl groups is 2. The van der Waals surface area contributed by atoms with Gasteiger partial charge in [0.05, 0.1) is 5.60 Å². The molecule has 22 heavy (non-hydrogen) atoms. The molecule has 0 heterocycles. The highest BCUT2D eigenvalue weighted by Gasteiger charge is 2.88. The van der Waals surface area contributed by atoms with Gasteiger partial charge < -0.3 is 10.2 Å². The minimum Gasteiger partial charge on any atom is -0.396 e. The maximum Gasteiger partial charge on any atom is 0.0743 e. The van der Waals surface area contributed by atoms with Crippen LogP contribution in [-0.4, -0.2) is 22.4 Å². The molecular weight excluding hydrogens is 272 g/mol. The van der Waals surface area contributed by atoms with Gasteiger partial charge in [-0.3, -0.25) is 0 Å². The van der Waals surface area contributed by atoms with Crippen LogP contribution in [0.1, 0.15) is 25.7 Å². The minimum absolute atomic E-state index is 0.233. The predicted octanol–water partition coefficient (Wildman–Crippen LogP) is 2.01. The van der Waals surface area contributed by atoms with Crippen molar-refractivity contribution in [3.8, 4) is 0 Å². The third-order valence-electron chi connectivity index (χ3n) is 11.4. The molecule has 0 aromatic heterocycles. The van der Waals surface area contributed by atoms with E-state index in [0.29, 0.717) is 30.3 Å². The molecule has 2 heteroatoms. The van der Waals surface area contributed by atoms with Gasteiger partial charge in [0.25, 0.3) is 0 Å². The van der Waals surface area contributed by atoms with E-state index in [1.807, 2.05) is 0 Å². The van der Waals surface area contributed by atoms with Crippen LogP contribution in [0, 0.1) is 82.9 Å². The zero-order chi connectivity index (χ0) is 14.1. The number of hydrogen-bond acceptors (Lipinski definition) is 2. The Balaban J connectivity index is 1.48. The second-order valence-corrected chi connectivity index (χ2v) is 10.6. The van der Waals surface area contributed by atoms with Gasteiger partial charge in [0, 0.05) is 6.61 Å². The summed E-state index contributed by atoms with van der Waals surface area (Å²) in [5, 5.41) is 22.3. The molecule has 15 atom stereocenters. The highest BCUT2D eigenvalue weighted by Crippen LogP contribution is 2.89. The van der Waals surface area contributed by atoms with E-state index in [2.05, 4.69) is 0 Å². The molecule has 3 unspecified atom stereocenters. The summed E-state index contributed by atoms with van der Waals surface area (Å²) < 4.78 is 0. The van der Waals surface area contributed by atoms with Gasteiger partial charge >= 0.3 is 0 Å². The first kappa shape index (κ1) is 11.5. The van der Waals surface area contributed by atoms with Crippen LogP contribution in [0.4, 0.5) is 0 Å². The monoisotopic (exact) mass is 298 g/mol. The summed E-state index contributed by atoms with van der Waals surface area (Å²) in [7, 11) is 0. The van der Waals surface area contributed by atoms with Crippen LogP contribution in [0.15, 0.2) is 0 Å². The van der Waals surface area contributed by atoms with Crippen molar-refractivity contribution in [1.82, 2.24) is 0 Å². The summed E-state index contributed by atoms with van der Waals surface area (Å²) in [5.74, 6) is 11.5. The fourth-order valence-electron chi connectivity index (χ4n) is 12.1. The average Bonchev–Trinajstić information content (AvgIpc) is 3.25. The molecule has 0 bridgehead atoms. The molecule has 118 valence electrons. The summed E-state index contributed by atoms with van der Waals surface area (Å²) in [5.41, 5.74) is -0.233. The van der Waals surface area contributed by atoms with Crippen LogP contribution in [-0.2, 0) is 0 Å². The smallest absolute Gasteiger partial charge is 0.0743 e. The van der Waals surface area contributed by atoms with Crippen molar-refractivity contribution in [3.05, 3.63) is 0 Å². The normalized spacial score (nSPS) is 82.6. The van der Waals surface area contributed by atoms with E-state index >= 15 is 0 Å². The summed E-state index contributed by atoms with van der Waals surface area (Å²) in [6.45, 7) is 0.471. The Hall–Kier alpha value is -0.0800. The molecule has 0 saturated heterocycles. The lowest BCUT2D eigenvalue weighted by Gasteiger charge is -2.38. The van der Waals surface area contributed by atoms with Crippen molar-refractivity contribution in [1.29, 1.82) is 0 Å². The highest BCUT2D eigenvalue weighted by molar-refractivity contribution is 5.36. The Morgan fingerprint density at radius 2 is 1.23 bits per heavy atom. The summed E-state index contributed by atoms with van der Waals surface area (Å²) >= 11 is 0. The number of fused-ring (bicyclic) bond motifs is 4. The standard InChI is InChI=1S/C20H26O2/c21-5-8-11-6-1-3-9-13(6)17-15(11)16-12(8)7-2-4-10-14(7)18(16)19(17)20(9,10)22/h6-19,21-22H,1-5H2/t6-,7-,8?,9+,10+,11-,12+,13+,14-,15-,16-,17+,18+,19?,20?/m0/s1. The highest BCUT2D eigenvalue weighted by atomic mass is 16.3. The Morgan fingerprint density at radius 3 is 1.73 bits per heavy atom. The topological polar surface area (TPSA) is 40.5 Å². The van der Waals surface area contributed by atoms with E-state index in [0.717, 1.165) is 59.2 Å². The molecule has 0 aliphatic heterocycles. The lowest BCUT2D eigenvalue weighted by atomic mass is 9.71. The first-order valence-electron chi connectivity index (χ1n) is 10.1. The lowest BCUT2D eigenvalue weighted by molar-refractivity contribution is -0.0732. The zero-order valence-corrected chi connectivity index (χ0v) is 13.0. The first-order valence-corrected chi connectivity index (χ1v) is 10.1. The zero-order valence-electron chi connectivity index (χ0n) is 13.0. The molecule has 8 aliphatic carbocycles.